The van der Waals surface area contributed by atoms with E-state index in [2.05, 4.69) is 10.5 Å². The third-order valence-electron chi connectivity index (χ3n) is 4.75. The molecule has 6 nitrogen and oxygen atoms in total. The molecule has 1 aliphatic rings. The van der Waals surface area contributed by atoms with Crippen LogP contribution in [0.2, 0.25) is 0 Å². The molecule has 2 aromatic carbocycles. The summed E-state index contributed by atoms with van der Waals surface area (Å²) in [5.74, 6) is 0.540. The molecule has 0 bridgehead atoms. The maximum absolute atomic E-state index is 12.1. The van der Waals surface area contributed by atoms with Crippen LogP contribution in [0.4, 0.5) is 5.69 Å². The topological polar surface area (TPSA) is 71.0 Å². The molecule has 1 aliphatic heterocycles. The van der Waals surface area contributed by atoms with Crippen LogP contribution in [-0.4, -0.2) is 30.7 Å². The third-order valence-corrected chi connectivity index (χ3v) is 4.75. The van der Waals surface area contributed by atoms with Gasteiger partial charge in [0.05, 0.1) is 5.71 Å². The number of para-hydroxylation sites is 1. The fraction of sp³-hybridized carbons (Fsp3) is 0.318. The Morgan fingerprint density at radius 2 is 1.89 bits per heavy atom. The smallest absolute Gasteiger partial charge is 0.277 e. The number of nitrogens with zero attached hydrogens (tertiary/aromatic N) is 2. The van der Waals surface area contributed by atoms with Crippen molar-refractivity contribution in [2.45, 2.75) is 33.6 Å². The molecular weight excluding hydrogens is 354 g/mol. The highest BCUT2D eigenvalue weighted by Crippen LogP contribution is 2.23. The number of carbonyl (C=O) groups is 2. The van der Waals surface area contributed by atoms with Crippen LogP contribution in [0.5, 0.6) is 5.75 Å². The fourth-order valence-corrected chi connectivity index (χ4v) is 3.23. The second kappa shape index (κ2) is 8.69. The second-order valence-electron chi connectivity index (χ2n) is 6.94. The second-order valence-corrected chi connectivity index (χ2v) is 6.94. The summed E-state index contributed by atoms with van der Waals surface area (Å²) >= 11 is 0. The average Bonchev–Trinajstić information content (AvgIpc) is 3.11. The molecule has 1 fully saturated rings. The molecule has 3 rings (SSSR count). The molecule has 0 spiro atoms. The van der Waals surface area contributed by atoms with Gasteiger partial charge in [0.2, 0.25) is 5.91 Å². The highest BCUT2D eigenvalue weighted by atomic mass is 16.5. The maximum Gasteiger partial charge on any atom is 0.277 e. The maximum atomic E-state index is 12.1. The van der Waals surface area contributed by atoms with Gasteiger partial charge in [0.15, 0.2) is 6.61 Å². The Labute approximate surface area is 165 Å². The van der Waals surface area contributed by atoms with Gasteiger partial charge in [-0.25, -0.2) is 5.43 Å². The zero-order chi connectivity index (χ0) is 20.1. The van der Waals surface area contributed by atoms with Crippen molar-refractivity contribution in [2.75, 3.05) is 18.1 Å². The lowest BCUT2D eigenvalue weighted by atomic mass is 10.1. The largest absolute Gasteiger partial charge is 0.483 e. The average molecular weight is 379 g/mol. The standard InChI is InChI=1S/C22H25N3O3/c1-15-7-4-8-16(2)22(15)28-14-20(26)24-23-17(3)18-9-5-10-19(13-18)25-12-6-11-21(25)27/h4-5,7-10,13H,6,11-12,14H2,1-3H3,(H,24,26)/b23-17-. The van der Waals surface area contributed by atoms with Gasteiger partial charge in [0.25, 0.3) is 5.91 Å². The molecule has 0 radical (unpaired) electrons. The summed E-state index contributed by atoms with van der Waals surface area (Å²) < 4.78 is 5.64. The Morgan fingerprint density at radius 1 is 1.18 bits per heavy atom. The molecule has 0 atom stereocenters. The first-order valence-corrected chi connectivity index (χ1v) is 9.38. The number of amides is 2. The van der Waals surface area contributed by atoms with Gasteiger partial charge in [-0.1, -0.05) is 30.3 Å². The lowest BCUT2D eigenvalue weighted by Gasteiger charge is -2.16. The minimum Gasteiger partial charge on any atom is -0.483 e. The molecular formula is C22H25N3O3. The van der Waals surface area contributed by atoms with E-state index in [1.54, 1.807) is 4.90 Å². The first-order valence-electron chi connectivity index (χ1n) is 9.38. The van der Waals surface area contributed by atoms with Gasteiger partial charge in [-0.2, -0.15) is 5.10 Å². The van der Waals surface area contributed by atoms with Gasteiger partial charge in [0, 0.05) is 18.7 Å². The highest BCUT2D eigenvalue weighted by molar-refractivity contribution is 6.01. The highest BCUT2D eigenvalue weighted by Gasteiger charge is 2.21. The van der Waals surface area contributed by atoms with Crippen molar-refractivity contribution in [2.24, 2.45) is 5.10 Å². The molecule has 2 amide bonds. The fourth-order valence-electron chi connectivity index (χ4n) is 3.23. The van der Waals surface area contributed by atoms with Crippen molar-refractivity contribution in [1.82, 2.24) is 5.43 Å². The molecule has 6 heteroatoms. The monoisotopic (exact) mass is 379 g/mol. The predicted molar refractivity (Wildman–Crippen MR) is 110 cm³/mol. The molecule has 2 aromatic rings. The van der Waals surface area contributed by atoms with Crippen molar-refractivity contribution >= 4 is 23.2 Å². The molecule has 146 valence electrons. The van der Waals surface area contributed by atoms with Gasteiger partial charge in [-0.05, 0) is 56.0 Å². The normalized spacial score (nSPS) is 14.3. The van der Waals surface area contributed by atoms with Crippen LogP contribution in [0.1, 0.15) is 36.5 Å². The van der Waals surface area contributed by atoms with E-state index in [-0.39, 0.29) is 18.4 Å². The van der Waals surface area contributed by atoms with Crippen molar-refractivity contribution in [3.63, 3.8) is 0 Å². The number of rotatable bonds is 6. The molecule has 0 saturated carbocycles. The van der Waals surface area contributed by atoms with E-state index in [9.17, 15) is 9.59 Å². The summed E-state index contributed by atoms with van der Waals surface area (Å²) in [6.45, 7) is 6.34. The van der Waals surface area contributed by atoms with E-state index in [4.69, 9.17) is 4.74 Å². The molecule has 0 aromatic heterocycles. The van der Waals surface area contributed by atoms with Gasteiger partial charge in [0.1, 0.15) is 5.75 Å². The first-order chi connectivity index (χ1) is 13.5. The van der Waals surface area contributed by atoms with Crippen molar-refractivity contribution in [3.8, 4) is 5.75 Å². The van der Waals surface area contributed by atoms with Gasteiger partial charge >= 0.3 is 0 Å². The molecule has 1 saturated heterocycles. The van der Waals surface area contributed by atoms with Crippen molar-refractivity contribution in [3.05, 3.63) is 59.2 Å². The number of anilines is 1. The van der Waals surface area contributed by atoms with E-state index in [0.29, 0.717) is 12.1 Å². The Kier molecular flexibility index (Phi) is 6.09. The van der Waals surface area contributed by atoms with Crippen LogP contribution >= 0.6 is 0 Å². The first kappa shape index (κ1) is 19.6. The van der Waals surface area contributed by atoms with Crippen LogP contribution in [0.25, 0.3) is 0 Å². The van der Waals surface area contributed by atoms with Gasteiger partial charge in [-0.15, -0.1) is 0 Å². The Bertz CT molecular complexity index is 901. The summed E-state index contributed by atoms with van der Waals surface area (Å²) in [7, 11) is 0. The number of hydrogen-bond donors (Lipinski definition) is 1. The molecule has 1 heterocycles. The number of carbonyl (C=O) groups excluding carboxylic acids is 2. The summed E-state index contributed by atoms with van der Waals surface area (Å²) in [5.41, 5.74) is 6.88. The number of hydrazone groups is 1. The summed E-state index contributed by atoms with van der Waals surface area (Å²) in [4.78, 5) is 25.8. The number of nitrogens with one attached hydrogen (secondary N) is 1. The van der Waals surface area contributed by atoms with E-state index in [0.717, 1.165) is 41.1 Å². The number of ether oxygens (including phenoxy) is 1. The molecule has 0 unspecified atom stereocenters. The van der Waals surface area contributed by atoms with Gasteiger partial charge in [-0.3, -0.25) is 9.59 Å². The van der Waals surface area contributed by atoms with E-state index < -0.39 is 0 Å². The Hall–Kier alpha value is -3.15. The van der Waals surface area contributed by atoms with Crippen LogP contribution in [0.15, 0.2) is 47.6 Å². The summed E-state index contributed by atoms with van der Waals surface area (Å²) in [6, 6.07) is 13.5. The molecule has 0 aliphatic carbocycles. The lowest BCUT2D eigenvalue weighted by molar-refractivity contribution is -0.123. The SMILES string of the molecule is C/C(=N/NC(=O)COc1c(C)cccc1C)c1cccc(N2CCCC2=O)c1. The predicted octanol–water partition coefficient (Wildman–Crippen LogP) is 3.35. The van der Waals surface area contributed by atoms with Crippen LogP contribution in [-0.2, 0) is 9.59 Å². The van der Waals surface area contributed by atoms with E-state index in [1.165, 1.54) is 0 Å². The van der Waals surface area contributed by atoms with Gasteiger partial charge < -0.3 is 9.64 Å². The van der Waals surface area contributed by atoms with Crippen LogP contribution in [0.3, 0.4) is 0 Å². The zero-order valence-corrected chi connectivity index (χ0v) is 16.5. The minimum absolute atomic E-state index is 0.106. The minimum atomic E-state index is -0.326. The van der Waals surface area contributed by atoms with Crippen molar-refractivity contribution < 1.29 is 14.3 Å². The van der Waals surface area contributed by atoms with Crippen LogP contribution < -0.4 is 15.1 Å². The zero-order valence-electron chi connectivity index (χ0n) is 16.5. The van der Waals surface area contributed by atoms with Crippen molar-refractivity contribution in [1.29, 1.82) is 0 Å². The summed E-state index contributed by atoms with van der Waals surface area (Å²) in [5, 5.41) is 4.17. The van der Waals surface area contributed by atoms with E-state index >= 15 is 0 Å². The number of aryl methyl sites for hydroxylation is 2. The third kappa shape index (κ3) is 4.57. The van der Waals surface area contributed by atoms with Crippen LogP contribution in [0, 0.1) is 13.8 Å². The number of hydrogen-bond acceptors (Lipinski definition) is 4. The Balaban J connectivity index is 1.61. The quantitative estimate of drug-likeness (QED) is 0.618. The Morgan fingerprint density at radius 3 is 2.57 bits per heavy atom. The summed E-state index contributed by atoms with van der Waals surface area (Å²) in [6.07, 6.45) is 1.47. The lowest BCUT2D eigenvalue weighted by Crippen LogP contribution is -2.26. The molecule has 28 heavy (non-hydrogen) atoms. The molecule has 1 N–H and O–H groups in total. The number of benzene rings is 2. The van der Waals surface area contributed by atoms with E-state index in [1.807, 2.05) is 63.2 Å².